The summed E-state index contributed by atoms with van der Waals surface area (Å²) in [6, 6.07) is 7.48. The Morgan fingerprint density at radius 3 is 2.82 bits per heavy atom. The van der Waals surface area contributed by atoms with Crippen molar-refractivity contribution in [2.45, 2.75) is 0 Å². The molecule has 11 heavy (non-hydrogen) atoms. The Labute approximate surface area is 72.8 Å². The van der Waals surface area contributed by atoms with Gasteiger partial charge in [0.25, 0.3) is 5.56 Å². The van der Waals surface area contributed by atoms with E-state index in [-0.39, 0.29) is 5.56 Å². The summed E-state index contributed by atoms with van der Waals surface area (Å²) in [7, 11) is 0. The molecule has 0 atom stereocenters. The van der Waals surface area contributed by atoms with Gasteiger partial charge < -0.3 is 0 Å². The number of hydrogen-bond donors (Lipinski definition) is 1. The quantitative estimate of drug-likeness (QED) is 0.618. The van der Waals surface area contributed by atoms with Crippen LogP contribution in [0.15, 0.2) is 29.1 Å². The van der Waals surface area contributed by atoms with Gasteiger partial charge in [-0.1, -0.05) is 12.1 Å². The summed E-state index contributed by atoms with van der Waals surface area (Å²) in [5.41, 5.74) is -0.0334. The van der Waals surface area contributed by atoms with Crippen LogP contribution in [-0.4, -0.2) is 3.36 Å². The summed E-state index contributed by atoms with van der Waals surface area (Å²) in [6.45, 7) is 0. The van der Waals surface area contributed by atoms with Crippen LogP contribution in [0.4, 0.5) is 0 Å². The fourth-order valence-corrected chi connectivity index (χ4v) is 2.09. The average Bonchev–Trinajstić information content (AvgIpc) is 2.30. The third kappa shape index (κ3) is 0.985. The van der Waals surface area contributed by atoms with Gasteiger partial charge in [-0.05, 0) is 36.5 Å². The van der Waals surface area contributed by atoms with E-state index in [1.807, 2.05) is 18.2 Å². The van der Waals surface area contributed by atoms with Crippen LogP contribution in [0.1, 0.15) is 0 Å². The van der Waals surface area contributed by atoms with Gasteiger partial charge in [-0.15, -0.1) is 0 Å². The van der Waals surface area contributed by atoms with Crippen LogP contribution in [-0.2, 0) is 0 Å². The fraction of sp³-hybridized carbons (Fsp3) is 0. The van der Waals surface area contributed by atoms with Crippen molar-refractivity contribution in [2.75, 3.05) is 0 Å². The topological polar surface area (TPSA) is 22.0 Å². The molecule has 2 nitrogen and oxygen atoms in total. The Bertz CT molecular complexity index is 443. The van der Waals surface area contributed by atoms with Gasteiger partial charge in [-0.25, -0.2) is 3.36 Å². The third-order valence-corrected chi connectivity index (χ3v) is 2.79. The zero-order valence-electron chi connectivity index (χ0n) is 5.52. The lowest BCUT2D eigenvalue weighted by Crippen LogP contribution is -2.02. The lowest BCUT2D eigenvalue weighted by molar-refractivity contribution is 1.37. The second-order valence-corrected chi connectivity index (χ2v) is 3.82. The number of benzene rings is 1. The van der Waals surface area contributed by atoms with Crippen molar-refractivity contribution in [2.24, 2.45) is 0 Å². The van der Waals surface area contributed by atoms with Crippen LogP contribution in [0, 0.1) is 0 Å². The minimum absolute atomic E-state index is 0.0334. The zero-order valence-corrected chi connectivity index (χ0v) is 7.23. The average molecular weight is 183 g/mol. The lowest BCUT2D eigenvalue weighted by Gasteiger charge is -1.79. The fourth-order valence-electron chi connectivity index (χ4n) is 0.961. The molecule has 0 unspecified atom stereocenters. The molecule has 0 fully saturated rings. The van der Waals surface area contributed by atoms with E-state index in [2.05, 4.69) is 12.8 Å². The number of aromatic nitrogens is 1. The predicted molar refractivity (Wildman–Crippen MR) is 50.5 cm³/mol. The molecular formula is C7H5NOS2. The van der Waals surface area contributed by atoms with Gasteiger partial charge >= 0.3 is 0 Å². The molecule has 1 aromatic carbocycles. The van der Waals surface area contributed by atoms with Crippen LogP contribution in [0.25, 0.3) is 10.1 Å². The molecule has 0 radical (unpaired) electrons. The Morgan fingerprint density at radius 1 is 1.36 bits per heavy atom. The first kappa shape index (κ1) is 6.94. The van der Waals surface area contributed by atoms with Gasteiger partial charge in [0.15, 0.2) is 0 Å². The third-order valence-electron chi connectivity index (χ3n) is 1.48. The van der Waals surface area contributed by atoms with Gasteiger partial charge in [0.2, 0.25) is 0 Å². The molecule has 0 bridgehead atoms. The Hall–Kier alpha value is -0.740. The monoisotopic (exact) mass is 183 g/mol. The molecule has 2 aromatic rings. The van der Waals surface area contributed by atoms with Gasteiger partial charge in [0.1, 0.15) is 0 Å². The van der Waals surface area contributed by atoms with Crippen molar-refractivity contribution < 1.29 is 0 Å². The van der Waals surface area contributed by atoms with E-state index >= 15 is 0 Å². The van der Waals surface area contributed by atoms with E-state index in [0.29, 0.717) is 0 Å². The Kier molecular flexibility index (Phi) is 1.51. The van der Waals surface area contributed by atoms with Crippen LogP contribution >= 0.6 is 24.3 Å². The number of rotatable bonds is 0. The maximum Gasteiger partial charge on any atom is 0.278 e. The van der Waals surface area contributed by atoms with E-state index in [1.54, 1.807) is 6.07 Å². The van der Waals surface area contributed by atoms with Crippen molar-refractivity contribution in [1.29, 1.82) is 0 Å². The van der Waals surface area contributed by atoms with Crippen molar-refractivity contribution in [1.82, 2.24) is 3.36 Å². The van der Waals surface area contributed by atoms with Crippen LogP contribution < -0.4 is 5.56 Å². The highest BCUT2D eigenvalue weighted by atomic mass is 32.2. The smallest absolute Gasteiger partial charge is 0.267 e. The second kappa shape index (κ2) is 2.39. The standard InChI is InChI=1S/C7H5NOS2/c9-7-5-3-1-2-4-6(5)11-8(7)10/h1-4,10H. The highest BCUT2D eigenvalue weighted by Crippen LogP contribution is 2.15. The van der Waals surface area contributed by atoms with E-state index in [1.165, 1.54) is 14.9 Å². The van der Waals surface area contributed by atoms with Crippen molar-refractivity contribution in [3.63, 3.8) is 0 Å². The first-order valence-corrected chi connectivity index (χ1v) is 4.27. The van der Waals surface area contributed by atoms with E-state index < -0.39 is 0 Å². The van der Waals surface area contributed by atoms with Crippen molar-refractivity contribution >= 4 is 34.4 Å². The summed E-state index contributed by atoms with van der Waals surface area (Å²) in [5, 5.41) is 0.743. The van der Waals surface area contributed by atoms with Crippen LogP contribution in [0.2, 0.25) is 0 Å². The summed E-state index contributed by atoms with van der Waals surface area (Å²) >= 11 is 5.33. The first-order valence-electron chi connectivity index (χ1n) is 3.09. The molecule has 0 aliphatic heterocycles. The van der Waals surface area contributed by atoms with E-state index in [4.69, 9.17) is 0 Å². The normalized spacial score (nSPS) is 10.6. The number of nitrogens with zero attached hydrogens (tertiary/aromatic N) is 1. The summed E-state index contributed by atoms with van der Waals surface area (Å²) in [4.78, 5) is 11.2. The number of hydrogen-bond acceptors (Lipinski definition) is 3. The van der Waals surface area contributed by atoms with Crippen LogP contribution in [0.5, 0.6) is 0 Å². The maximum absolute atomic E-state index is 11.2. The molecule has 4 heteroatoms. The van der Waals surface area contributed by atoms with Gasteiger partial charge in [-0.2, -0.15) is 0 Å². The molecule has 1 heterocycles. The van der Waals surface area contributed by atoms with Gasteiger partial charge in [0, 0.05) is 0 Å². The largest absolute Gasteiger partial charge is 0.278 e. The molecule has 0 N–H and O–H groups in total. The molecule has 1 aromatic heterocycles. The minimum atomic E-state index is -0.0334. The van der Waals surface area contributed by atoms with Crippen molar-refractivity contribution in [3.05, 3.63) is 34.6 Å². The van der Waals surface area contributed by atoms with Crippen molar-refractivity contribution in [3.8, 4) is 0 Å². The van der Waals surface area contributed by atoms with Gasteiger partial charge in [-0.3, -0.25) is 4.79 Å². The molecule has 0 aliphatic rings. The second-order valence-electron chi connectivity index (χ2n) is 2.17. The highest BCUT2D eigenvalue weighted by Gasteiger charge is 2.01. The van der Waals surface area contributed by atoms with E-state index in [0.717, 1.165) is 10.1 Å². The molecule has 0 spiro atoms. The van der Waals surface area contributed by atoms with Crippen LogP contribution in [0.3, 0.4) is 0 Å². The molecule has 0 saturated carbocycles. The molecule has 0 aliphatic carbocycles. The SMILES string of the molecule is O=c1c2ccccc2sn1S. The molecule has 56 valence electrons. The predicted octanol–water partition coefficient (Wildman–Crippen LogP) is 1.76. The lowest BCUT2D eigenvalue weighted by atomic mass is 10.3. The molecule has 0 saturated heterocycles. The number of thiol groups is 1. The summed E-state index contributed by atoms with van der Waals surface area (Å²) in [6.07, 6.45) is 0. The minimum Gasteiger partial charge on any atom is -0.267 e. The summed E-state index contributed by atoms with van der Waals surface area (Å²) in [5.74, 6) is 0. The Morgan fingerprint density at radius 2 is 2.09 bits per heavy atom. The summed E-state index contributed by atoms with van der Waals surface area (Å²) < 4.78 is 2.32. The zero-order chi connectivity index (χ0) is 7.84. The molecule has 2 rings (SSSR count). The van der Waals surface area contributed by atoms with Gasteiger partial charge in [0.05, 0.1) is 10.1 Å². The molecular weight excluding hydrogens is 178 g/mol. The maximum atomic E-state index is 11.2. The Balaban J connectivity index is 3.04. The highest BCUT2D eigenvalue weighted by molar-refractivity contribution is 7.81. The van der Waals surface area contributed by atoms with E-state index in [9.17, 15) is 4.79 Å². The molecule has 0 amide bonds. The number of fused-ring (bicyclic) bond motifs is 1. The first-order chi connectivity index (χ1) is 5.29.